The zero-order chi connectivity index (χ0) is 11.7. The number of rotatable bonds is 1. The summed E-state index contributed by atoms with van der Waals surface area (Å²) in [4.78, 5) is 4.04. The summed E-state index contributed by atoms with van der Waals surface area (Å²) in [5.41, 5.74) is 2.42. The van der Waals surface area contributed by atoms with E-state index >= 15 is 0 Å². The van der Waals surface area contributed by atoms with E-state index in [0.717, 1.165) is 4.47 Å². The molecular weight excluding hydrogens is 274 g/mol. The number of hydrogen-bond acceptors (Lipinski definition) is 1. The third-order valence-corrected chi connectivity index (χ3v) is 3.31. The van der Waals surface area contributed by atoms with E-state index < -0.39 is 0 Å². The number of nitrogens with zero attached hydrogens (tertiary/aromatic N) is 1. The van der Waals surface area contributed by atoms with Gasteiger partial charge in [-0.1, -0.05) is 34.1 Å². The Morgan fingerprint density at radius 3 is 2.29 bits per heavy atom. The smallest absolute Gasteiger partial charge is 0.0273 e. The molecule has 0 aliphatic heterocycles. The van der Waals surface area contributed by atoms with Crippen molar-refractivity contribution < 1.29 is 0 Å². The van der Waals surface area contributed by atoms with Gasteiger partial charge in [0, 0.05) is 16.9 Å². The molecule has 2 aromatic carbocycles. The quantitative estimate of drug-likeness (QED) is 0.633. The Labute approximate surface area is 108 Å². The highest BCUT2D eigenvalue weighted by atomic mass is 79.9. The van der Waals surface area contributed by atoms with Gasteiger partial charge in [-0.05, 0) is 52.2 Å². The van der Waals surface area contributed by atoms with Crippen molar-refractivity contribution in [2.75, 3.05) is 0 Å². The van der Waals surface area contributed by atoms with E-state index in [1.807, 2.05) is 24.5 Å². The molecule has 0 amide bonds. The second-order valence-electron chi connectivity index (χ2n) is 3.94. The molecule has 0 saturated heterocycles. The summed E-state index contributed by atoms with van der Waals surface area (Å²) in [5.74, 6) is 0. The van der Waals surface area contributed by atoms with E-state index in [2.05, 4.69) is 57.3 Å². The fraction of sp³-hybridized carbons (Fsp3) is 0. The molecule has 0 radical (unpaired) electrons. The Hall–Kier alpha value is -1.67. The molecule has 1 nitrogen and oxygen atoms in total. The van der Waals surface area contributed by atoms with Gasteiger partial charge in [0.1, 0.15) is 0 Å². The third-order valence-electron chi connectivity index (χ3n) is 2.82. The minimum absolute atomic E-state index is 1.11. The van der Waals surface area contributed by atoms with Crippen molar-refractivity contribution in [3.8, 4) is 11.1 Å². The van der Waals surface area contributed by atoms with Crippen molar-refractivity contribution in [2.24, 2.45) is 0 Å². The van der Waals surface area contributed by atoms with Gasteiger partial charge in [0.05, 0.1) is 0 Å². The molecular formula is C15H10BrN. The predicted octanol–water partition coefficient (Wildman–Crippen LogP) is 4.66. The van der Waals surface area contributed by atoms with E-state index in [1.165, 1.54) is 21.9 Å². The van der Waals surface area contributed by atoms with Crippen LogP contribution in [0.15, 0.2) is 65.4 Å². The zero-order valence-corrected chi connectivity index (χ0v) is 10.7. The summed E-state index contributed by atoms with van der Waals surface area (Å²) < 4.78 is 1.11. The highest BCUT2D eigenvalue weighted by molar-refractivity contribution is 9.10. The normalized spacial score (nSPS) is 10.6. The number of aromatic nitrogens is 1. The van der Waals surface area contributed by atoms with Crippen molar-refractivity contribution in [3.05, 3.63) is 65.4 Å². The standard InChI is InChI=1S/C15H10BrN/c16-15-4-3-11-1-2-13(9-14(11)10-15)12-5-7-17-8-6-12/h1-10H. The lowest BCUT2D eigenvalue weighted by Crippen LogP contribution is -1.79. The van der Waals surface area contributed by atoms with Crippen LogP contribution in [0.1, 0.15) is 0 Å². The van der Waals surface area contributed by atoms with Gasteiger partial charge in [0.15, 0.2) is 0 Å². The van der Waals surface area contributed by atoms with Crippen LogP contribution in [0.5, 0.6) is 0 Å². The first-order valence-corrected chi connectivity index (χ1v) is 6.22. The average molecular weight is 284 g/mol. The number of benzene rings is 2. The van der Waals surface area contributed by atoms with Gasteiger partial charge in [0.25, 0.3) is 0 Å². The Bertz CT molecular complexity index is 662. The van der Waals surface area contributed by atoms with Crippen LogP contribution in [0.25, 0.3) is 21.9 Å². The molecule has 17 heavy (non-hydrogen) atoms. The molecule has 3 aromatic rings. The van der Waals surface area contributed by atoms with Crippen molar-refractivity contribution in [3.63, 3.8) is 0 Å². The van der Waals surface area contributed by atoms with Gasteiger partial charge < -0.3 is 0 Å². The molecule has 0 N–H and O–H groups in total. The minimum atomic E-state index is 1.11. The molecule has 0 saturated carbocycles. The summed E-state index contributed by atoms with van der Waals surface area (Å²) in [6.07, 6.45) is 3.64. The van der Waals surface area contributed by atoms with Crippen molar-refractivity contribution >= 4 is 26.7 Å². The fourth-order valence-corrected chi connectivity index (χ4v) is 2.32. The second kappa shape index (κ2) is 4.30. The van der Waals surface area contributed by atoms with Gasteiger partial charge in [0.2, 0.25) is 0 Å². The predicted molar refractivity (Wildman–Crippen MR) is 74.9 cm³/mol. The van der Waals surface area contributed by atoms with Crippen molar-refractivity contribution in [1.82, 2.24) is 4.98 Å². The molecule has 0 aliphatic rings. The SMILES string of the molecule is Brc1ccc2ccc(-c3ccncc3)cc2c1. The van der Waals surface area contributed by atoms with E-state index in [1.54, 1.807) is 0 Å². The topological polar surface area (TPSA) is 12.9 Å². The number of hydrogen-bond donors (Lipinski definition) is 0. The molecule has 3 rings (SSSR count). The van der Waals surface area contributed by atoms with Gasteiger partial charge in [-0.3, -0.25) is 4.98 Å². The molecule has 0 atom stereocenters. The van der Waals surface area contributed by atoms with Gasteiger partial charge in [-0.2, -0.15) is 0 Å². The lowest BCUT2D eigenvalue weighted by atomic mass is 10.0. The van der Waals surface area contributed by atoms with E-state index in [0.29, 0.717) is 0 Å². The van der Waals surface area contributed by atoms with Gasteiger partial charge >= 0.3 is 0 Å². The highest BCUT2D eigenvalue weighted by Crippen LogP contribution is 2.26. The maximum atomic E-state index is 4.04. The lowest BCUT2D eigenvalue weighted by Gasteiger charge is -2.04. The number of fused-ring (bicyclic) bond motifs is 1. The number of pyridine rings is 1. The van der Waals surface area contributed by atoms with E-state index in [4.69, 9.17) is 0 Å². The molecule has 0 unspecified atom stereocenters. The van der Waals surface area contributed by atoms with E-state index in [9.17, 15) is 0 Å². The third kappa shape index (κ3) is 2.08. The molecule has 2 heteroatoms. The van der Waals surface area contributed by atoms with Crippen LogP contribution in [0.3, 0.4) is 0 Å². The Morgan fingerprint density at radius 2 is 1.47 bits per heavy atom. The maximum Gasteiger partial charge on any atom is 0.0273 e. The Balaban J connectivity index is 2.19. The minimum Gasteiger partial charge on any atom is -0.265 e. The lowest BCUT2D eigenvalue weighted by molar-refractivity contribution is 1.33. The molecule has 1 heterocycles. The molecule has 0 bridgehead atoms. The van der Waals surface area contributed by atoms with Crippen LogP contribution in [0.2, 0.25) is 0 Å². The highest BCUT2D eigenvalue weighted by Gasteiger charge is 1.99. The molecule has 0 fully saturated rings. The van der Waals surface area contributed by atoms with Crippen molar-refractivity contribution in [1.29, 1.82) is 0 Å². The van der Waals surface area contributed by atoms with Crippen LogP contribution >= 0.6 is 15.9 Å². The Morgan fingerprint density at radius 1 is 0.706 bits per heavy atom. The largest absolute Gasteiger partial charge is 0.265 e. The monoisotopic (exact) mass is 283 g/mol. The Kier molecular flexibility index (Phi) is 2.65. The van der Waals surface area contributed by atoms with Crippen LogP contribution in [-0.2, 0) is 0 Å². The van der Waals surface area contributed by atoms with Crippen LogP contribution in [0.4, 0.5) is 0 Å². The second-order valence-corrected chi connectivity index (χ2v) is 4.86. The van der Waals surface area contributed by atoms with Crippen LogP contribution in [-0.4, -0.2) is 4.98 Å². The number of halogens is 1. The summed E-state index contributed by atoms with van der Waals surface area (Å²) in [6.45, 7) is 0. The molecule has 0 aliphatic carbocycles. The van der Waals surface area contributed by atoms with Gasteiger partial charge in [-0.25, -0.2) is 0 Å². The molecule has 82 valence electrons. The zero-order valence-electron chi connectivity index (χ0n) is 9.10. The van der Waals surface area contributed by atoms with Crippen LogP contribution < -0.4 is 0 Å². The maximum absolute atomic E-state index is 4.04. The van der Waals surface area contributed by atoms with Crippen molar-refractivity contribution in [2.45, 2.75) is 0 Å². The first-order chi connectivity index (χ1) is 8.33. The molecule has 1 aromatic heterocycles. The summed E-state index contributed by atoms with van der Waals surface area (Å²) in [5, 5.41) is 2.50. The summed E-state index contributed by atoms with van der Waals surface area (Å²) in [7, 11) is 0. The van der Waals surface area contributed by atoms with E-state index in [-0.39, 0.29) is 0 Å². The first-order valence-electron chi connectivity index (χ1n) is 5.43. The first kappa shape index (κ1) is 10.5. The average Bonchev–Trinajstić information content (AvgIpc) is 2.39. The summed E-state index contributed by atoms with van der Waals surface area (Å²) in [6, 6.07) is 16.9. The van der Waals surface area contributed by atoms with Crippen LogP contribution in [0, 0.1) is 0 Å². The summed E-state index contributed by atoms with van der Waals surface area (Å²) >= 11 is 3.50. The molecule has 0 spiro atoms. The van der Waals surface area contributed by atoms with Gasteiger partial charge in [-0.15, -0.1) is 0 Å². The fourth-order valence-electron chi connectivity index (χ4n) is 1.94.